The molecule has 2 rings (SSSR count). The van der Waals surface area contributed by atoms with E-state index in [2.05, 4.69) is 69.0 Å². The summed E-state index contributed by atoms with van der Waals surface area (Å²) in [5.74, 6) is 0.387. The molecule has 0 amide bonds. The molecular weight excluding hydrogens is 284 g/mol. The SMILES string of the molecule is S=C=NC1=CCC(C=Cc2ccc(N=C=S)cc2)C=C1. The van der Waals surface area contributed by atoms with E-state index in [9.17, 15) is 0 Å². The van der Waals surface area contributed by atoms with Crippen molar-refractivity contribution < 1.29 is 0 Å². The molecule has 4 heteroatoms. The Bertz CT molecular complexity index is 656. The summed E-state index contributed by atoms with van der Waals surface area (Å²) in [4.78, 5) is 7.87. The number of aliphatic imine (C=N–C) groups is 2. The van der Waals surface area contributed by atoms with Gasteiger partial charge in [0.2, 0.25) is 0 Å². The fourth-order valence-electron chi connectivity index (χ4n) is 1.85. The molecule has 98 valence electrons. The minimum Gasteiger partial charge on any atom is -0.195 e. The molecule has 2 nitrogen and oxygen atoms in total. The average Bonchev–Trinajstić information content (AvgIpc) is 2.49. The Balaban J connectivity index is 1.99. The minimum absolute atomic E-state index is 0.387. The zero-order valence-corrected chi connectivity index (χ0v) is 12.3. The molecule has 1 aliphatic rings. The molecular formula is C16H12N2S2. The highest BCUT2D eigenvalue weighted by Gasteiger charge is 2.04. The number of hydrogen-bond donors (Lipinski definition) is 0. The Morgan fingerprint density at radius 3 is 2.45 bits per heavy atom. The van der Waals surface area contributed by atoms with Gasteiger partial charge in [-0.15, -0.1) is 0 Å². The van der Waals surface area contributed by atoms with Crippen LogP contribution in [0.4, 0.5) is 5.69 Å². The highest BCUT2D eigenvalue weighted by atomic mass is 32.1. The standard InChI is InChI=1S/C16H12N2S2/c19-11-17-15-7-3-13(4-8-15)1-2-14-5-9-16(10-6-14)18-12-20/h1-5,7-10,14H,6H2. The Hall–Kier alpha value is -1.96. The number of nitrogens with zero attached hydrogens (tertiary/aromatic N) is 2. The van der Waals surface area contributed by atoms with Crippen LogP contribution in [-0.2, 0) is 0 Å². The molecule has 20 heavy (non-hydrogen) atoms. The third-order valence-electron chi connectivity index (χ3n) is 2.89. The van der Waals surface area contributed by atoms with Crippen LogP contribution in [0.5, 0.6) is 0 Å². The van der Waals surface area contributed by atoms with Crippen LogP contribution in [0.15, 0.2) is 64.3 Å². The largest absolute Gasteiger partial charge is 0.195 e. The zero-order chi connectivity index (χ0) is 14.2. The van der Waals surface area contributed by atoms with Crippen molar-refractivity contribution in [3.8, 4) is 0 Å². The first-order valence-electron chi connectivity index (χ1n) is 6.14. The van der Waals surface area contributed by atoms with Crippen molar-refractivity contribution in [3.63, 3.8) is 0 Å². The van der Waals surface area contributed by atoms with Crippen LogP contribution in [0.3, 0.4) is 0 Å². The fraction of sp³-hybridized carbons (Fsp3) is 0.125. The summed E-state index contributed by atoms with van der Waals surface area (Å²) in [6.45, 7) is 0. The molecule has 0 N–H and O–H groups in total. The summed E-state index contributed by atoms with van der Waals surface area (Å²) in [6.07, 6.45) is 11.3. The van der Waals surface area contributed by atoms with E-state index in [1.165, 1.54) is 0 Å². The van der Waals surface area contributed by atoms with Crippen molar-refractivity contribution in [2.24, 2.45) is 15.9 Å². The third-order valence-corrected chi connectivity index (χ3v) is 3.07. The van der Waals surface area contributed by atoms with Gasteiger partial charge in [0, 0.05) is 0 Å². The smallest absolute Gasteiger partial charge is 0.0739 e. The summed E-state index contributed by atoms with van der Waals surface area (Å²) in [5.41, 5.74) is 2.83. The van der Waals surface area contributed by atoms with Crippen molar-refractivity contribution in [1.82, 2.24) is 0 Å². The van der Waals surface area contributed by atoms with Crippen LogP contribution in [0.1, 0.15) is 12.0 Å². The van der Waals surface area contributed by atoms with E-state index in [0.717, 1.165) is 23.4 Å². The monoisotopic (exact) mass is 296 g/mol. The highest BCUT2D eigenvalue weighted by molar-refractivity contribution is 7.78. The van der Waals surface area contributed by atoms with Crippen LogP contribution in [0, 0.1) is 5.92 Å². The quantitative estimate of drug-likeness (QED) is 0.577. The van der Waals surface area contributed by atoms with Crippen molar-refractivity contribution in [2.45, 2.75) is 6.42 Å². The lowest BCUT2D eigenvalue weighted by Gasteiger charge is -2.09. The molecule has 1 aromatic rings. The Labute approximate surface area is 129 Å². The molecule has 0 aliphatic heterocycles. The van der Waals surface area contributed by atoms with Gasteiger partial charge in [-0.2, -0.15) is 9.98 Å². The number of isothiocyanates is 2. The molecule has 0 aromatic heterocycles. The summed E-state index contributed by atoms with van der Waals surface area (Å²) >= 11 is 9.15. The Morgan fingerprint density at radius 2 is 1.85 bits per heavy atom. The average molecular weight is 296 g/mol. The summed E-state index contributed by atoms with van der Waals surface area (Å²) in [7, 11) is 0. The number of thiocarbonyl (C=S) groups is 2. The fourth-order valence-corrected chi connectivity index (χ4v) is 2.06. The van der Waals surface area contributed by atoms with Crippen LogP contribution < -0.4 is 0 Å². The van der Waals surface area contributed by atoms with Crippen molar-refractivity contribution in [1.29, 1.82) is 0 Å². The van der Waals surface area contributed by atoms with E-state index in [0.29, 0.717) is 5.92 Å². The van der Waals surface area contributed by atoms with E-state index in [-0.39, 0.29) is 0 Å². The van der Waals surface area contributed by atoms with Crippen molar-refractivity contribution >= 4 is 46.5 Å². The van der Waals surface area contributed by atoms with E-state index in [4.69, 9.17) is 0 Å². The first kappa shape index (κ1) is 14.4. The van der Waals surface area contributed by atoms with E-state index in [1.54, 1.807) is 0 Å². The second-order valence-corrected chi connectivity index (χ2v) is 4.61. The summed E-state index contributed by atoms with van der Waals surface area (Å²) in [6, 6.07) is 7.85. The lowest BCUT2D eigenvalue weighted by molar-refractivity contribution is 0.816. The predicted octanol–water partition coefficient (Wildman–Crippen LogP) is 5.00. The van der Waals surface area contributed by atoms with Gasteiger partial charge in [-0.05, 0) is 60.5 Å². The zero-order valence-electron chi connectivity index (χ0n) is 10.7. The Morgan fingerprint density at radius 1 is 1.10 bits per heavy atom. The van der Waals surface area contributed by atoms with Crippen LogP contribution in [0.2, 0.25) is 0 Å². The molecule has 0 saturated carbocycles. The lowest BCUT2D eigenvalue weighted by Crippen LogP contribution is -1.94. The van der Waals surface area contributed by atoms with Gasteiger partial charge in [-0.25, -0.2) is 0 Å². The third kappa shape index (κ3) is 4.30. The second-order valence-electron chi connectivity index (χ2n) is 4.24. The van der Waals surface area contributed by atoms with Gasteiger partial charge in [0.05, 0.1) is 21.7 Å². The van der Waals surface area contributed by atoms with Gasteiger partial charge < -0.3 is 0 Å². The van der Waals surface area contributed by atoms with Crippen molar-refractivity contribution in [2.75, 3.05) is 0 Å². The predicted molar refractivity (Wildman–Crippen MR) is 90.5 cm³/mol. The van der Waals surface area contributed by atoms with Gasteiger partial charge >= 0.3 is 0 Å². The maximum atomic E-state index is 4.58. The number of allylic oxidation sites excluding steroid dienone is 4. The van der Waals surface area contributed by atoms with E-state index >= 15 is 0 Å². The summed E-state index contributed by atoms with van der Waals surface area (Å²) < 4.78 is 0. The normalized spacial score (nSPS) is 17.2. The van der Waals surface area contributed by atoms with Gasteiger partial charge in [-0.3, -0.25) is 0 Å². The molecule has 1 atom stereocenters. The van der Waals surface area contributed by atoms with Crippen molar-refractivity contribution in [3.05, 3.63) is 59.8 Å². The molecule has 0 radical (unpaired) electrons. The van der Waals surface area contributed by atoms with Crippen LogP contribution >= 0.6 is 24.4 Å². The minimum atomic E-state index is 0.387. The van der Waals surface area contributed by atoms with Gasteiger partial charge in [-0.1, -0.05) is 36.4 Å². The topological polar surface area (TPSA) is 24.7 Å². The lowest BCUT2D eigenvalue weighted by atomic mass is 9.98. The number of rotatable bonds is 4. The number of hydrogen-bond acceptors (Lipinski definition) is 4. The molecule has 0 fully saturated rings. The van der Waals surface area contributed by atoms with E-state index in [1.807, 2.05) is 30.3 Å². The van der Waals surface area contributed by atoms with Gasteiger partial charge in [0.15, 0.2) is 0 Å². The highest BCUT2D eigenvalue weighted by Crippen LogP contribution is 2.20. The first-order chi connectivity index (χ1) is 9.81. The van der Waals surface area contributed by atoms with Gasteiger partial charge in [0.25, 0.3) is 0 Å². The maximum Gasteiger partial charge on any atom is 0.0739 e. The maximum absolute atomic E-state index is 4.58. The Kier molecular flexibility index (Phi) is 5.48. The van der Waals surface area contributed by atoms with E-state index < -0.39 is 0 Å². The molecule has 1 aliphatic carbocycles. The summed E-state index contributed by atoms with van der Waals surface area (Å²) in [5, 5.41) is 4.73. The molecule has 0 heterocycles. The molecule has 1 aromatic carbocycles. The van der Waals surface area contributed by atoms with Crippen LogP contribution in [-0.4, -0.2) is 10.3 Å². The number of benzene rings is 1. The molecule has 0 saturated heterocycles. The first-order valence-corrected chi connectivity index (χ1v) is 6.96. The van der Waals surface area contributed by atoms with Gasteiger partial charge in [0.1, 0.15) is 0 Å². The van der Waals surface area contributed by atoms with Crippen LogP contribution in [0.25, 0.3) is 6.08 Å². The molecule has 1 unspecified atom stereocenters. The molecule has 0 spiro atoms. The second kappa shape index (κ2) is 7.59. The molecule has 0 bridgehead atoms.